The molecule has 0 radical (unpaired) electrons. The van der Waals surface area contributed by atoms with Crippen molar-refractivity contribution >= 4 is 40.6 Å². The first-order valence-electron chi connectivity index (χ1n) is 9.66. The zero-order valence-corrected chi connectivity index (χ0v) is 17.2. The molecule has 1 atom stereocenters. The molecule has 0 fully saturated rings. The number of hydrogen-bond donors (Lipinski definition) is 1. The highest BCUT2D eigenvalue weighted by Crippen LogP contribution is 2.45. The fourth-order valence-corrected chi connectivity index (χ4v) is 4.73. The summed E-state index contributed by atoms with van der Waals surface area (Å²) >= 11 is 1.61. The van der Waals surface area contributed by atoms with Gasteiger partial charge in [0.25, 0.3) is 5.69 Å². The van der Waals surface area contributed by atoms with Crippen LogP contribution in [0.1, 0.15) is 17.2 Å². The lowest BCUT2D eigenvalue weighted by Gasteiger charge is -2.22. The van der Waals surface area contributed by atoms with E-state index in [0.717, 1.165) is 10.5 Å². The number of para-hydroxylation sites is 1. The van der Waals surface area contributed by atoms with Crippen molar-refractivity contribution < 1.29 is 14.5 Å². The summed E-state index contributed by atoms with van der Waals surface area (Å²) in [5.41, 5.74) is 1.94. The number of non-ortho nitro benzene ring substituents is 1. The normalized spacial score (nSPS) is 15.7. The monoisotopic (exact) mass is 433 g/mol. The Bertz CT molecular complexity index is 1140. The Balaban J connectivity index is 1.56. The number of hydrogen-bond acceptors (Lipinski definition) is 5. The summed E-state index contributed by atoms with van der Waals surface area (Å²) in [7, 11) is 0. The number of amides is 2. The molecule has 1 N–H and O–H groups in total. The highest BCUT2D eigenvalue weighted by molar-refractivity contribution is 7.99. The predicted molar refractivity (Wildman–Crippen MR) is 120 cm³/mol. The van der Waals surface area contributed by atoms with E-state index in [1.54, 1.807) is 17.8 Å². The standard InChI is InChI=1S/C23H19N3O4S/c27-22(24-17-9-6-10-18(13-17)26(29)30)15-25-19-11-4-5-12-20(19)31-21(14-23(25)28)16-7-2-1-3-8-16/h1-13,21H,14-15H2,(H,24,27). The van der Waals surface area contributed by atoms with Crippen LogP contribution >= 0.6 is 11.8 Å². The van der Waals surface area contributed by atoms with Gasteiger partial charge in [-0.05, 0) is 23.8 Å². The number of nitrogens with zero attached hydrogens (tertiary/aromatic N) is 2. The van der Waals surface area contributed by atoms with Crippen LogP contribution in [0.25, 0.3) is 0 Å². The Morgan fingerprint density at radius 3 is 2.58 bits per heavy atom. The lowest BCUT2D eigenvalue weighted by Crippen LogP contribution is -2.38. The van der Waals surface area contributed by atoms with E-state index in [9.17, 15) is 19.7 Å². The lowest BCUT2D eigenvalue weighted by atomic mass is 10.1. The van der Waals surface area contributed by atoms with Crippen LogP contribution < -0.4 is 10.2 Å². The van der Waals surface area contributed by atoms with Crippen LogP contribution in [0.2, 0.25) is 0 Å². The Morgan fingerprint density at radius 2 is 1.81 bits per heavy atom. The molecular weight excluding hydrogens is 414 g/mol. The van der Waals surface area contributed by atoms with Crippen LogP contribution in [-0.4, -0.2) is 23.3 Å². The molecule has 1 heterocycles. The number of nitrogens with one attached hydrogen (secondary N) is 1. The first kappa shape index (κ1) is 20.6. The summed E-state index contributed by atoms with van der Waals surface area (Å²) in [6.45, 7) is -0.180. The third kappa shape index (κ3) is 4.75. The van der Waals surface area contributed by atoms with Gasteiger partial charge < -0.3 is 10.2 Å². The number of carbonyl (C=O) groups excluding carboxylic acids is 2. The second kappa shape index (κ2) is 9.01. The second-order valence-corrected chi connectivity index (χ2v) is 8.27. The number of nitro groups is 1. The van der Waals surface area contributed by atoms with Gasteiger partial charge in [-0.1, -0.05) is 48.5 Å². The number of rotatable bonds is 5. The largest absolute Gasteiger partial charge is 0.324 e. The van der Waals surface area contributed by atoms with Crippen molar-refractivity contribution in [2.75, 3.05) is 16.8 Å². The van der Waals surface area contributed by atoms with Gasteiger partial charge in [-0.3, -0.25) is 19.7 Å². The van der Waals surface area contributed by atoms with Gasteiger partial charge in [-0.2, -0.15) is 0 Å². The smallest absolute Gasteiger partial charge is 0.271 e. The van der Waals surface area contributed by atoms with Crippen LogP contribution in [0.5, 0.6) is 0 Å². The van der Waals surface area contributed by atoms with Crippen LogP contribution in [-0.2, 0) is 9.59 Å². The molecular formula is C23H19N3O4S. The number of thioether (sulfide) groups is 1. The van der Waals surface area contributed by atoms with Crippen molar-refractivity contribution in [2.45, 2.75) is 16.6 Å². The SMILES string of the molecule is O=C(CN1C(=O)CC(c2ccccc2)Sc2ccccc21)Nc1cccc([N+](=O)[O-])c1. The number of anilines is 2. The Morgan fingerprint density at radius 1 is 1.06 bits per heavy atom. The average molecular weight is 433 g/mol. The van der Waals surface area contributed by atoms with Gasteiger partial charge in [-0.25, -0.2) is 0 Å². The van der Waals surface area contributed by atoms with Crippen molar-refractivity contribution in [3.05, 3.63) is 94.5 Å². The fourth-order valence-electron chi connectivity index (χ4n) is 3.45. The van der Waals surface area contributed by atoms with Crippen LogP contribution in [0.3, 0.4) is 0 Å². The molecule has 3 aromatic rings. The molecule has 1 aliphatic heterocycles. The number of benzene rings is 3. The highest BCUT2D eigenvalue weighted by Gasteiger charge is 2.30. The van der Waals surface area contributed by atoms with E-state index in [1.165, 1.54) is 23.1 Å². The van der Waals surface area contributed by atoms with Gasteiger partial charge in [0.1, 0.15) is 6.54 Å². The van der Waals surface area contributed by atoms with Crippen LogP contribution in [0, 0.1) is 10.1 Å². The van der Waals surface area contributed by atoms with Gasteiger partial charge in [0, 0.05) is 34.4 Å². The number of carbonyl (C=O) groups is 2. The quantitative estimate of drug-likeness (QED) is 0.461. The zero-order valence-electron chi connectivity index (χ0n) is 16.4. The molecule has 2 amide bonds. The summed E-state index contributed by atoms with van der Waals surface area (Å²) in [6, 6.07) is 23.1. The third-order valence-electron chi connectivity index (χ3n) is 4.90. The highest BCUT2D eigenvalue weighted by atomic mass is 32.2. The number of nitro benzene ring substituents is 1. The molecule has 4 rings (SSSR count). The Hall–Kier alpha value is -3.65. The molecule has 7 nitrogen and oxygen atoms in total. The van der Waals surface area contributed by atoms with Crippen molar-refractivity contribution in [3.8, 4) is 0 Å². The van der Waals surface area contributed by atoms with Gasteiger partial charge in [0.05, 0.1) is 10.6 Å². The van der Waals surface area contributed by atoms with Gasteiger partial charge in [-0.15, -0.1) is 11.8 Å². The Labute approximate surface area is 183 Å². The fraction of sp³-hybridized carbons (Fsp3) is 0.130. The maximum atomic E-state index is 13.1. The second-order valence-electron chi connectivity index (χ2n) is 7.02. The number of fused-ring (bicyclic) bond motifs is 1. The molecule has 31 heavy (non-hydrogen) atoms. The van der Waals surface area contributed by atoms with Crippen molar-refractivity contribution in [3.63, 3.8) is 0 Å². The maximum Gasteiger partial charge on any atom is 0.271 e. The topological polar surface area (TPSA) is 92.6 Å². The zero-order chi connectivity index (χ0) is 21.8. The summed E-state index contributed by atoms with van der Waals surface area (Å²) in [5, 5.41) is 13.6. The molecule has 0 spiro atoms. The molecule has 156 valence electrons. The molecule has 3 aromatic carbocycles. The summed E-state index contributed by atoms with van der Waals surface area (Å²) in [6.07, 6.45) is 0.257. The summed E-state index contributed by atoms with van der Waals surface area (Å²) in [4.78, 5) is 38.7. The van der Waals surface area contributed by atoms with Gasteiger partial charge >= 0.3 is 0 Å². The first-order valence-corrected chi connectivity index (χ1v) is 10.5. The molecule has 1 aliphatic rings. The van der Waals surface area contributed by atoms with Crippen molar-refractivity contribution in [1.29, 1.82) is 0 Å². The van der Waals surface area contributed by atoms with Gasteiger partial charge in [0.2, 0.25) is 11.8 Å². The van der Waals surface area contributed by atoms with E-state index in [4.69, 9.17) is 0 Å². The first-order chi connectivity index (χ1) is 15.0. The van der Waals surface area contributed by atoms with E-state index < -0.39 is 10.8 Å². The molecule has 0 bridgehead atoms. The van der Waals surface area contributed by atoms with E-state index in [2.05, 4.69) is 5.32 Å². The predicted octanol–water partition coefficient (Wildman–Crippen LogP) is 4.80. The van der Waals surface area contributed by atoms with Gasteiger partial charge in [0.15, 0.2) is 0 Å². The van der Waals surface area contributed by atoms with Crippen LogP contribution in [0.15, 0.2) is 83.8 Å². The maximum absolute atomic E-state index is 13.1. The van der Waals surface area contributed by atoms with E-state index in [1.807, 2.05) is 54.6 Å². The van der Waals surface area contributed by atoms with E-state index >= 15 is 0 Å². The summed E-state index contributed by atoms with van der Waals surface area (Å²) in [5.74, 6) is -0.577. The molecule has 0 aliphatic carbocycles. The van der Waals surface area contributed by atoms with E-state index in [-0.39, 0.29) is 29.8 Å². The molecule has 0 saturated heterocycles. The third-order valence-corrected chi connectivity index (χ3v) is 6.22. The molecule has 0 saturated carbocycles. The van der Waals surface area contributed by atoms with Crippen molar-refractivity contribution in [2.24, 2.45) is 0 Å². The molecule has 8 heteroatoms. The Kier molecular flexibility index (Phi) is 5.99. The minimum absolute atomic E-state index is 0.0558. The summed E-state index contributed by atoms with van der Waals surface area (Å²) < 4.78 is 0. The molecule has 1 unspecified atom stereocenters. The minimum Gasteiger partial charge on any atom is -0.324 e. The van der Waals surface area contributed by atoms with Crippen LogP contribution in [0.4, 0.5) is 17.1 Å². The lowest BCUT2D eigenvalue weighted by molar-refractivity contribution is -0.384. The van der Waals surface area contributed by atoms with Crippen molar-refractivity contribution in [1.82, 2.24) is 0 Å². The minimum atomic E-state index is -0.523. The van der Waals surface area contributed by atoms with E-state index in [0.29, 0.717) is 11.4 Å². The average Bonchev–Trinajstić information content (AvgIpc) is 2.91. The molecule has 0 aromatic heterocycles.